The second kappa shape index (κ2) is 8.11. The highest BCUT2D eigenvalue weighted by atomic mass is 16.5. The Hall–Kier alpha value is -2.41. The van der Waals surface area contributed by atoms with Crippen molar-refractivity contribution >= 4 is 11.7 Å². The van der Waals surface area contributed by atoms with Gasteiger partial charge in [-0.2, -0.15) is 5.10 Å². The normalized spacial score (nSPS) is 17.5. The molecule has 0 saturated carbocycles. The quantitative estimate of drug-likeness (QED) is 0.789. The van der Waals surface area contributed by atoms with Crippen LogP contribution in [0.15, 0.2) is 36.8 Å². The summed E-state index contributed by atoms with van der Waals surface area (Å²) in [6, 6.07) is 5.96. The van der Waals surface area contributed by atoms with E-state index in [-0.39, 0.29) is 18.6 Å². The van der Waals surface area contributed by atoms with Crippen LogP contribution in [0.3, 0.4) is 0 Å². The number of morpholine rings is 1. The molecule has 0 unspecified atom stereocenters. The van der Waals surface area contributed by atoms with Crippen LogP contribution >= 0.6 is 0 Å². The number of aromatic nitrogens is 3. The van der Waals surface area contributed by atoms with Gasteiger partial charge in [0.05, 0.1) is 12.7 Å². The van der Waals surface area contributed by atoms with Crippen molar-refractivity contribution < 1.29 is 9.53 Å². The van der Waals surface area contributed by atoms with Gasteiger partial charge in [-0.05, 0) is 36.6 Å². The van der Waals surface area contributed by atoms with Crippen LogP contribution in [0.4, 0.5) is 5.82 Å². The number of aryl methyl sites for hydroxylation is 1. The second-order valence-electron chi connectivity index (χ2n) is 6.49. The maximum Gasteiger partial charge on any atom is 0.244 e. The van der Waals surface area contributed by atoms with Crippen LogP contribution < -0.4 is 4.90 Å². The molecule has 7 heteroatoms. The van der Waals surface area contributed by atoms with E-state index in [0.29, 0.717) is 19.7 Å². The zero-order valence-electron chi connectivity index (χ0n) is 14.8. The summed E-state index contributed by atoms with van der Waals surface area (Å²) in [5.41, 5.74) is 1.24. The zero-order chi connectivity index (χ0) is 17.6. The molecule has 1 aliphatic rings. The molecule has 1 amide bonds. The Morgan fingerprint density at radius 1 is 1.40 bits per heavy atom. The molecular formula is C18H25N5O2. The molecule has 0 N–H and O–H groups in total. The van der Waals surface area contributed by atoms with Crippen molar-refractivity contribution in [3.63, 3.8) is 0 Å². The van der Waals surface area contributed by atoms with Gasteiger partial charge in [-0.1, -0.05) is 0 Å². The molecule has 0 aromatic carbocycles. The summed E-state index contributed by atoms with van der Waals surface area (Å²) in [6.45, 7) is 2.17. The first kappa shape index (κ1) is 17.4. The number of rotatable bonds is 6. The third kappa shape index (κ3) is 4.79. The molecule has 0 aliphatic carbocycles. The minimum atomic E-state index is 0.0753. The van der Waals surface area contributed by atoms with Crippen LogP contribution in [0.25, 0.3) is 0 Å². The second-order valence-corrected chi connectivity index (χ2v) is 6.49. The maximum atomic E-state index is 12.4. The molecule has 2 aromatic rings. The summed E-state index contributed by atoms with van der Waals surface area (Å²) in [6.07, 6.45) is 7.21. The highest BCUT2D eigenvalue weighted by Crippen LogP contribution is 2.15. The fourth-order valence-corrected chi connectivity index (χ4v) is 2.94. The van der Waals surface area contributed by atoms with Crippen molar-refractivity contribution in [1.29, 1.82) is 0 Å². The summed E-state index contributed by atoms with van der Waals surface area (Å²) in [5.74, 6) is 1.05. The Kier molecular flexibility index (Phi) is 5.65. The van der Waals surface area contributed by atoms with Crippen LogP contribution in [-0.2, 0) is 22.5 Å². The number of pyridine rings is 1. The molecular weight excluding hydrogens is 318 g/mol. The first-order valence-corrected chi connectivity index (χ1v) is 8.61. The predicted octanol–water partition coefficient (Wildman–Crippen LogP) is 1.20. The van der Waals surface area contributed by atoms with Gasteiger partial charge in [0.2, 0.25) is 5.91 Å². The first-order valence-electron chi connectivity index (χ1n) is 8.61. The lowest BCUT2D eigenvalue weighted by atomic mass is 10.1. The average Bonchev–Trinajstić information content (AvgIpc) is 3.13. The largest absolute Gasteiger partial charge is 0.375 e. The highest BCUT2D eigenvalue weighted by Gasteiger charge is 2.24. The molecule has 2 aromatic heterocycles. The molecule has 1 atom stereocenters. The van der Waals surface area contributed by atoms with E-state index < -0.39 is 0 Å². The third-order valence-electron chi connectivity index (χ3n) is 4.37. The minimum Gasteiger partial charge on any atom is -0.375 e. The van der Waals surface area contributed by atoms with Gasteiger partial charge in [0, 0.05) is 45.8 Å². The van der Waals surface area contributed by atoms with Gasteiger partial charge in [0.15, 0.2) is 0 Å². The van der Waals surface area contributed by atoms with Gasteiger partial charge in [-0.3, -0.25) is 9.48 Å². The number of carbonyl (C=O) groups excluding carboxylic acids is 1. The Labute approximate surface area is 148 Å². The van der Waals surface area contributed by atoms with E-state index in [1.807, 2.05) is 48.4 Å². The number of carbonyl (C=O) groups is 1. The van der Waals surface area contributed by atoms with Gasteiger partial charge < -0.3 is 14.5 Å². The van der Waals surface area contributed by atoms with E-state index in [4.69, 9.17) is 4.74 Å². The van der Waals surface area contributed by atoms with E-state index in [1.165, 1.54) is 5.56 Å². The van der Waals surface area contributed by atoms with Crippen LogP contribution in [0.2, 0.25) is 0 Å². The van der Waals surface area contributed by atoms with Gasteiger partial charge >= 0.3 is 0 Å². The summed E-state index contributed by atoms with van der Waals surface area (Å²) in [5, 5.41) is 4.10. The topological polar surface area (TPSA) is 63.5 Å². The van der Waals surface area contributed by atoms with Crippen molar-refractivity contribution in [2.24, 2.45) is 0 Å². The molecule has 3 heterocycles. The molecule has 1 aliphatic heterocycles. The van der Waals surface area contributed by atoms with Gasteiger partial charge in [0.25, 0.3) is 0 Å². The lowest BCUT2D eigenvalue weighted by Gasteiger charge is -2.33. The van der Waals surface area contributed by atoms with Crippen LogP contribution in [-0.4, -0.2) is 65.5 Å². The molecule has 3 rings (SSSR count). The lowest BCUT2D eigenvalue weighted by molar-refractivity contribution is -0.139. The summed E-state index contributed by atoms with van der Waals surface area (Å²) >= 11 is 0. The highest BCUT2D eigenvalue weighted by molar-refractivity contribution is 5.76. The smallest absolute Gasteiger partial charge is 0.244 e. The number of ether oxygens (including phenoxy) is 1. The minimum absolute atomic E-state index is 0.0753. The molecule has 7 nitrogen and oxygen atoms in total. The first-order chi connectivity index (χ1) is 12.1. The van der Waals surface area contributed by atoms with Gasteiger partial charge in [-0.15, -0.1) is 0 Å². The van der Waals surface area contributed by atoms with Crippen LogP contribution in [0.1, 0.15) is 12.0 Å². The third-order valence-corrected chi connectivity index (χ3v) is 4.37. The zero-order valence-corrected chi connectivity index (χ0v) is 14.8. The molecule has 0 radical (unpaired) electrons. The van der Waals surface area contributed by atoms with Crippen LogP contribution in [0.5, 0.6) is 0 Å². The van der Waals surface area contributed by atoms with Crippen molar-refractivity contribution in [3.8, 4) is 0 Å². The lowest BCUT2D eigenvalue weighted by Crippen LogP contribution is -2.46. The molecule has 1 fully saturated rings. The van der Waals surface area contributed by atoms with Gasteiger partial charge in [0.1, 0.15) is 12.4 Å². The number of hydrogen-bond acceptors (Lipinski definition) is 5. The Morgan fingerprint density at radius 3 is 3.04 bits per heavy atom. The summed E-state index contributed by atoms with van der Waals surface area (Å²) in [7, 11) is 3.97. The summed E-state index contributed by atoms with van der Waals surface area (Å²) in [4.78, 5) is 20.6. The average molecular weight is 343 g/mol. The SMILES string of the molecule is CN(C)c1cc(CC[C@@H]2CN(C(=O)Cn3cccn3)CCO2)ccn1. The number of nitrogens with zero attached hydrogens (tertiary/aromatic N) is 5. The molecule has 1 saturated heterocycles. The molecule has 25 heavy (non-hydrogen) atoms. The maximum absolute atomic E-state index is 12.4. The van der Waals surface area contributed by atoms with E-state index in [2.05, 4.69) is 16.1 Å². The van der Waals surface area contributed by atoms with E-state index in [0.717, 1.165) is 18.7 Å². The number of amides is 1. The predicted molar refractivity (Wildman–Crippen MR) is 95.4 cm³/mol. The molecule has 134 valence electrons. The van der Waals surface area contributed by atoms with E-state index >= 15 is 0 Å². The fraction of sp³-hybridized carbons (Fsp3) is 0.500. The van der Waals surface area contributed by atoms with Crippen molar-refractivity contribution in [3.05, 3.63) is 42.4 Å². The van der Waals surface area contributed by atoms with E-state index in [1.54, 1.807) is 10.9 Å². The van der Waals surface area contributed by atoms with Crippen molar-refractivity contribution in [1.82, 2.24) is 19.7 Å². The molecule has 0 spiro atoms. The van der Waals surface area contributed by atoms with Crippen LogP contribution in [0, 0.1) is 0 Å². The summed E-state index contributed by atoms with van der Waals surface area (Å²) < 4.78 is 7.51. The Morgan fingerprint density at radius 2 is 2.28 bits per heavy atom. The Bertz CT molecular complexity index is 687. The van der Waals surface area contributed by atoms with Gasteiger partial charge in [-0.25, -0.2) is 4.98 Å². The molecule has 0 bridgehead atoms. The number of anilines is 1. The standard InChI is InChI=1S/C18H25N5O2/c1-21(2)17-12-15(6-8-19-17)4-5-16-13-22(10-11-25-16)18(24)14-23-9-3-7-20-23/h3,6-9,12,16H,4-5,10-11,13-14H2,1-2H3/t16-/m1/s1. The fourth-order valence-electron chi connectivity index (χ4n) is 2.94. The van der Waals surface area contributed by atoms with Crippen molar-refractivity contribution in [2.45, 2.75) is 25.5 Å². The van der Waals surface area contributed by atoms with E-state index in [9.17, 15) is 4.79 Å². The number of hydrogen-bond donors (Lipinski definition) is 0. The van der Waals surface area contributed by atoms with Crippen molar-refractivity contribution in [2.75, 3.05) is 38.7 Å². The monoisotopic (exact) mass is 343 g/mol. The Balaban J connectivity index is 1.51.